The van der Waals surface area contributed by atoms with Gasteiger partial charge < -0.3 is 16.6 Å². The predicted octanol–water partition coefficient (Wildman–Crippen LogP) is 3.56. The normalized spacial score (nSPS) is 10.4. The van der Waals surface area contributed by atoms with Crippen LogP contribution < -0.4 is 11.5 Å². The summed E-state index contributed by atoms with van der Waals surface area (Å²) in [5.74, 6) is -0.253. The summed E-state index contributed by atoms with van der Waals surface area (Å²) in [5.41, 5.74) is 15.2. The van der Waals surface area contributed by atoms with Crippen molar-refractivity contribution >= 4 is 34.9 Å². The second kappa shape index (κ2) is 9.03. The van der Waals surface area contributed by atoms with Crippen LogP contribution in [0.15, 0.2) is 47.6 Å². The maximum Gasteiger partial charge on any atom is 0.303 e. The van der Waals surface area contributed by atoms with E-state index in [4.69, 9.17) is 23.1 Å². The van der Waals surface area contributed by atoms with E-state index in [1.54, 1.807) is 30.3 Å². The van der Waals surface area contributed by atoms with E-state index in [2.05, 4.69) is 19.8 Å². The minimum absolute atomic E-state index is 0.0340. The van der Waals surface area contributed by atoms with Crippen LogP contribution in [0.25, 0.3) is 16.1 Å². The Morgan fingerprint density at radius 1 is 1.07 bits per heavy atom. The number of carbonyl (C=O) groups is 1. The lowest BCUT2D eigenvalue weighted by molar-refractivity contribution is -0.136. The van der Waals surface area contributed by atoms with Crippen molar-refractivity contribution in [2.45, 2.75) is 23.8 Å². The molecule has 29 heavy (non-hydrogen) atoms. The fraction of sp³-hybridized carbons (Fsp3) is 0.150. The molecule has 8 nitrogen and oxygen atoms in total. The third-order valence-electron chi connectivity index (χ3n) is 3.99. The molecule has 0 spiro atoms. The summed E-state index contributed by atoms with van der Waals surface area (Å²) < 4.78 is 0. The number of aliphatic carboxylic acids is 1. The van der Waals surface area contributed by atoms with Gasteiger partial charge in [-0.1, -0.05) is 30.0 Å². The Bertz CT molecular complexity index is 1080. The number of carboxylic acid groups (broad SMARTS) is 1. The number of carboxylic acids is 1. The molecular formula is C20H18N6O2S. The largest absolute Gasteiger partial charge is 0.481 e. The maximum atomic E-state index is 10.7. The third-order valence-corrected chi connectivity index (χ3v) is 4.88. The number of hydrogen-bond donors (Lipinski definition) is 3. The molecule has 3 rings (SSSR count). The number of pyridine rings is 1. The molecule has 0 radical (unpaired) electrons. The summed E-state index contributed by atoms with van der Waals surface area (Å²) in [6.45, 7) is 7.40. The topological polar surface area (TPSA) is 132 Å². The van der Waals surface area contributed by atoms with E-state index in [9.17, 15) is 4.79 Å². The number of aryl methyl sites for hydroxylation is 1. The molecule has 146 valence electrons. The van der Waals surface area contributed by atoms with Crippen LogP contribution >= 0.6 is 11.8 Å². The minimum Gasteiger partial charge on any atom is -0.481 e. The number of aromatic nitrogens is 3. The third kappa shape index (κ3) is 5.21. The van der Waals surface area contributed by atoms with Gasteiger partial charge >= 0.3 is 5.97 Å². The van der Waals surface area contributed by atoms with Gasteiger partial charge in [-0.25, -0.2) is 14.8 Å². The van der Waals surface area contributed by atoms with Crippen molar-refractivity contribution in [1.82, 2.24) is 15.0 Å². The van der Waals surface area contributed by atoms with Crippen molar-refractivity contribution in [2.75, 3.05) is 11.5 Å². The van der Waals surface area contributed by atoms with E-state index in [0.717, 1.165) is 17.0 Å². The number of nitrogens with two attached hydrogens (primary N) is 2. The van der Waals surface area contributed by atoms with Gasteiger partial charge in [-0.15, -0.1) is 0 Å². The summed E-state index contributed by atoms with van der Waals surface area (Å²) >= 11 is 1.34. The lowest BCUT2D eigenvalue weighted by Gasteiger charge is -2.09. The number of benzene rings is 1. The Balaban J connectivity index is 1.81. The maximum absolute atomic E-state index is 10.7. The standard InChI is InChI=1S/C20H18N6O2S/c1-23-18-17(12-5-7-13(21)8-6-12)25-20(26-19(18)22)29-11-15-4-2-3-14(24-15)9-10-16(27)28/h2-8H,9-11,21H2,(H,27,28)(H2,22,25,26). The molecule has 1 aromatic carbocycles. The van der Waals surface area contributed by atoms with Crippen LogP contribution in [0.4, 0.5) is 17.2 Å². The lowest BCUT2D eigenvalue weighted by atomic mass is 10.1. The molecule has 0 saturated heterocycles. The molecule has 3 aromatic rings. The summed E-state index contributed by atoms with van der Waals surface area (Å²) in [6.07, 6.45) is 0.407. The molecular weight excluding hydrogens is 388 g/mol. The molecule has 0 fully saturated rings. The Labute approximate surface area is 171 Å². The van der Waals surface area contributed by atoms with Gasteiger partial charge in [0.05, 0.1) is 24.4 Å². The van der Waals surface area contributed by atoms with Gasteiger partial charge in [0.1, 0.15) is 5.82 Å². The van der Waals surface area contributed by atoms with Gasteiger partial charge in [-0.3, -0.25) is 9.78 Å². The second-order valence-corrected chi connectivity index (χ2v) is 7.07. The summed E-state index contributed by atoms with van der Waals surface area (Å²) in [4.78, 5) is 27.4. The number of thioether (sulfide) groups is 1. The fourth-order valence-corrected chi connectivity index (χ4v) is 3.35. The van der Waals surface area contributed by atoms with Gasteiger partial charge in [0.15, 0.2) is 5.16 Å². The highest BCUT2D eigenvalue weighted by Gasteiger charge is 2.15. The average Bonchev–Trinajstić information content (AvgIpc) is 2.71. The minimum atomic E-state index is -0.856. The van der Waals surface area contributed by atoms with Crippen molar-refractivity contribution in [3.63, 3.8) is 0 Å². The highest BCUT2D eigenvalue weighted by atomic mass is 32.2. The predicted molar refractivity (Wildman–Crippen MR) is 112 cm³/mol. The van der Waals surface area contributed by atoms with Gasteiger partial charge in [0, 0.05) is 23.6 Å². The van der Waals surface area contributed by atoms with Crippen LogP contribution in [0.2, 0.25) is 0 Å². The van der Waals surface area contributed by atoms with E-state index in [-0.39, 0.29) is 17.9 Å². The molecule has 5 N–H and O–H groups in total. The van der Waals surface area contributed by atoms with Crippen LogP contribution in [0.3, 0.4) is 0 Å². The zero-order valence-electron chi connectivity index (χ0n) is 15.4. The lowest BCUT2D eigenvalue weighted by Crippen LogP contribution is -2.01. The van der Waals surface area contributed by atoms with Crippen LogP contribution in [0, 0.1) is 6.57 Å². The number of nitrogens with zero attached hydrogens (tertiary/aromatic N) is 4. The van der Waals surface area contributed by atoms with Gasteiger partial charge in [-0.05, 0) is 29.8 Å². The average molecular weight is 406 g/mol. The zero-order chi connectivity index (χ0) is 20.8. The van der Waals surface area contributed by atoms with Crippen molar-refractivity contribution in [1.29, 1.82) is 0 Å². The highest BCUT2D eigenvalue weighted by molar-refractivity contribution is 7.98. The number of rotatable bonds is 7. The SMILES string of the molecule is [C-]#[N+]c1c(N)nc(SCc2cccc(CCC(=O)O)n2)nc1-c1ccc(N)cc1. The Kier molecular flexibility index (Phi) is 6.26. The number of anilines is 2. The van der Waals surface area contributed by atoms with Gasteiger partial charge in [0.2, 0.25) is 0 Å². The van der Waals surface area contributed by atoms with E-state index < -0.39 is 5.97 Å². The number of hydrogen-bond acceptors (Lipinski definition) is 7. The first-order valence-electron chi connectivity index (χ1n) is 8.66. The van der Waals surface area contributed by atoms with E-state index in [0.29, 0.717) is 28.7 Å². The molecule has 0 aliphatic rings. The van der Waals surface area contributed by atoms with Crippen LogP contribution in [-0.4, -0.2) is 26.0 Å². The first kappa shape index (κ1) is 20.1. The van der Waals surface area contributed by atoms with Gasteiger partial charge in [0.25, 0.3) is 5.69 Å². The monoisotopic (exact) mass is 406 g/mol. The summed E-state index contributed by atoms with van der Waals surface area (Å²) in [6, 6.07) is 12.5. The molecule has 0 aliphatic carbocycles. The Morgan fingerprint density at radius 3 is 2.48 bits per heavy atom. The molecule has 9 heteroatoms. The van der Waals surface area contributed by atoms with Crippen molar-refractivity contribution in [3.05, 3.63) is 65.3 Å². The molecule has 0 aliphatic heterocycles. The summed E-state index contributed by atoms with van der Waals surface area (Å²) in [7, 11) is 0. The van der Waals surface area contributed by atoms with Crippen molar-refractivity contribution < 1.29 is 9.90 Å². The molecule has 0 unspecified atom stereocenters. The number of nitrogen functional groups attached to an aromatic ring is 2. The van der Waals surface area contributed by atoms with E-state index in [1.807, 2.05) is 12.1 Å². The quantitative estimate of drug-likeness (QED) is 0.235. The van der Waals surface area contributed by atoms with Crippen molar-refractivity contribution in [2.24, 2.45) is 0 Å². The molecule has 0 atom stereocenters. The second-order valence-electron chi connectivity index (χ2n) is 6.13. The van der Waals surface area contributed by atoms with E-state index >= 15 is 0 Å². The zero-order valence-corrected chi connectivity index (χ0v) is 16.2. The van der Waals surface area contributed by atoms with Crippen LogP contribution in [0.1, 0.15) is 17.8 Å². The highest BCUT2D eigenvalue weighted by Crippen LogP contribution is 2.35. The van der Waals surface area contributed by atoms with Crippen LogP contribution in [0.5, 0.6) is 0 Å². The van der Waals surface area contributed by atoms with Crippen LogP contribution in [-0.2, 0) is 17.0 Å². The Hall–Kier alpha value is -3.64. The summed E-state index contributed by atoms with van der Waals surface area (Å²) in [5, 5.41) is 9.24. The smallest absolute Gasteiger partial charge is 0.303 e. The molecule has 2 aromatic heterocycles. The molecule has 2 heterocycles. The van der Waals surface area contributed by atoms with Gasteiger partial charge in [-0.2, -0.15) is 0 Å². The molecule has 0 saturated carbocycles. The van der Waals surface area contributed by atoms with E-state index in [1.165, 1.54) is 11.8 Å². The first-order valence-corrected chi connectivity index (χ1v) is 9.65. The Morgan fingerprint density at radius 2 is 1.79 bits per heavy atom. The molecule has 0 amide bonds. The van der Waals surface area contributed by atoms with Crippen molar-refractivity contribution in [3.8, 4) is 11.3 Å². The fourth-order valence-electron chi connectivity index (χ4n) is 2.59. The molecule has 0 bridgehead atoms. The first-order chi connectivity index (χ1) is 14.0.